The summed E-state index contributed by atoms with van der Waals surface area (Å²) in [4.78, 5) is 28.3. The van der Waals surface area contributed by atoms with Gasteiger partial charge in [0.2, 0.25) is 6.29 Å². The molecule has 0 fully saturated rings. The zero-order valence-electron chi connectivity index (χ0n) is 10.0. The van der Waals surface area contributed by atoms with Crippen LogP contribution in [0.15, 0.2) is 30.0 Å². The van der Waals surface area contributed by atoms with Crippen LogP contribution in [0.1, 0.15) is 19.5 Å². The second-order valence-electron chi connectivity index (χ2n) is 3.39. The Morgan fingerprint density at radius 1 is 1.41 bits per heavy atom. The molecule has 0 bridgehead atoms. The van der Waals surface area contributed by atoms with Crippen LogP contribution in [0.2, 0.25) is 0 Å². The van der Waals surface area contributed by atoms with Crippen molar-refractivity contribution in [3.8, 4) is 0 Å². The molecule has 17 heavy (non-hydrogen) atoms. The van der Waals surface area contributed by atoms with Gasteiger partial charge < -0.3 is 4.90 Å². The van der Waals surface area contributed by atoms with Gasteiger partial charge >= 0.3 is 0 Å². The van der Waals surface area contributed by atoms with E-state index in [1.807, 2.05) is 13.8 Å². The fraction of sp³-hybridized carbons (Fsp3) is 0.308. The van der Waals surface area contributed by atoms with Gasteiger partial charge in [-0.3, -0.25) is 14.6 Å². The molecule has 0 spiro atoms. The molecule has 89 valence electrons. The lowest BCUT2D eigenvalue weighted by Gasteiger charge is -2.17. The standard InChI is InChI=1S/C13H15N2O2/c1-3-15(4-2)13(17)11(10-16)9-12-7-5-6-8-14-12/h5-9H,3-4H2,1-2H3. The molecule has 0 atom stereocenters. The third kappa shape index (κ3) is 3.52. The SMILES string of the molecule is CCN(CC)C(=O)C([C]=O)=Cc1ccccn1. The smallest absolute Gasteiger partial charge is 0.258 e. The Morgan fingerprint density at radius 3 is 2.59 bits per heavy atom. The molecular formula is C13H15N2O2. The van der Waals surface area contributed by atoms with Crippen molar-refractivity contribution in [2.75, 3.05) is 13.1 Å². The van der Waals surface area contributed by atoms with Gasteiger partial charge in [0.05, 0.1) is 11.3 Å². The number of hydrogen-bond donors (Lipinski definition) is 0. The second-order valence-corrected chi connectivity index (χ2v) is 3.39. The molecule has 0 unspecified atom stereocenters. The highest BCUT2D eigenvalue weighted by molar-refractivity contribution is 6.14. The van der Waals surface area contributed by atoms with E-state index >= 15 is 0 Å². The summed E-state index contributed by atoms with van der Waals surface area (Å²) in [6, 6.07) is 5.30. The summed E-state index contributed by atoms with van der Waals surface area (Å²) >= 11 is 0. The zero-order valence-corrected chi connectivity index (χ0v) is 10.0. The molecule has 1 aromatic rings. The molecule has 4 nitrogen and oxygen atoms in total. The van der Waals surface area contributed by atoms with Gasteiger partial charge in [0.25, 0.3) is 5.91 Å². The number of pyridine rings is 1. The number of carbonyl (C=O) groups excluding carboxylic acids is 2. The number of rotatable bonds is 5. The van der Waals surface area contributed by atoms with Crippen LogP contribution in [0.3, 0.4) is 0 Å². The maximum atomic E-state index is 11.9. The van der Waals surface area contributed by atoms with Crippen molar-refractivity contribution in [2.45, 2.75) is 13.8 Å². The average Bonchev–Trinajstić information content (AvgIpc) is 2.38. The van der Waals surface area contributed by atoms with E-state index in [-0.39, 0.29) is 11.5 Å². The van der Waals surface area contributed by atoms with Crippen LogP contribution in [0, 0.1) is 0 Å². The van der Waals surface area contributed by atoms with Crippen molar-refractivity contribution in [1.29, 1.82) is 0 Å². The third-order valence-electron chi connectivity index (χ3n) is 2.37. The molecule has 1 aromatic heterocycles. The zero-order chi connectivity index (χ0) is 12.7. The summed E-state index contributed by atoms with van der Waals surface area (Å²) in [5.74, 6) is -0.310. The predicted molar refractivity (Wildman–Crippen MR) is 65.8 cm³/mol. The first kappa shape index (κ1) is 13.1. The summed E-state index contributed by atoms with van der Waals surface area (Å²) in [6.07, 6.45) is 4.74. The average molecular weight is 231 g/mol. The van der Waals surface area contributed by atoms with Crippen molar-refractivity contribution in [3.05, 3.63) is 35.7 Å². The van der Waals surface area contributed by atoms with Gasteiger partial charge in [-0.25, -0.2) is 0 Å². The molecule has 0 saturated heterocycles. The second kappa shape index (κ2) is 6.58. The molecule has 0 N–H and O–H groups in total. The number of hydrogen-bond acceptors (Lipinski definition) is 3. The molecule has 0 aliphatic heterocycles. The number of likely N-dealkylation sites (N-methyl/N-ethyl adjacent to an activating group) is 1. The normalized spacial score (nSPS) is 11.1. The Bertz CT molecular complexity index is 409. The Morgan fingerprint density at radius 2 is 2.12 bits per heavy atom. The fourth-order valence-electron chi connectivity index (χ4n) is 1.43. The molecule has 1 radical (unpaired) electrons. The lowest BCUT2D eigenvalue weighted by Crippen LogP contribution is -2.32. The molecule has 0 aromatic carbocycles. The Hall–Kier alpha value is -1.97. The van der Waals surface area contributed by atoms with Gasteiger partial charge in [-0.05, 0) is 32.1 Å². The van der Waals surface area contributed by atoms with Gasteiger partial charge in [-0.15, -0.1) is 0 Å². The molecular weight excluding hydrogens is 216 g/mol. The number of carbonyl (C=O) groups is 1. The van der Waals surface area contributed by atoms with Crippen molar-refractivity contribution in [2.24, 2.45) is 0 Å². The minimum Gasteiger partial charge on any atom is -0.339 e. The predicted octanol–water partition coefficient (Wildman–Crippen LogP) is 1.44. The van der Waals surface area contributed by atoms with Crippen LogP contribution >= 0.6 is 0 Å². The van der Waals surface area contributed by atoms with E-state index in [1.165, 1.54) is 6.08 Å². The first-order valence-electron chi connectivity index (χ1n) is 5.53. The maximum Gasteiger partial charge on any atom is 0.258 e. The van der Waals surface area contributed by atoms with Crippen molar-refractivity contribution in [1.82, 2.24) is 9.88 Å². The van der Waals surface area contributed by atoms with Crippen LogP contribution in [-0.2, 0) is 9.59 Å². The van der Waals surface area contributed by atoms with E-state index in [9.17, 15) is 9.59 Å². The summed E-state index contributed by atoms with van der Waals surface area (Å²) in [5, 5.41) is 0. The Labute approximate surface area is 101 Å². The lowest BCUT2D eigenvalue weighted by molar-refractivity contribution is -0.126. The first-order chi connectivity index (χ1) is 8.22. The van der Waals surface area contributed by atoms with Gasteiger partial charge in [0, 0.05) is 19.3 Å². The third-order valence-corrected chi connectivity index (χ3v) is 2.37. The van der Waals surface area contributed by atoms with E-state index in [4.69, 9.17) is 0 Å². The summed E-state index contributed by atoms with van der Waals surface area (Å²) in [6.45, 7) is 4.86. The van der Waals surface area contributed by atoms with E-state index in [1.54, 1.807) is 35.6 Å². The number of nitrogens with zero attached hydrogens (tertiary/aromatic N) is 2. The van der Waals surface area contributed by atoms with Crippen LogP contribution in [0.25, 0.3) is 6.08 Å². The Balaban J connectivity index is 2.96. The van der Waals surface area contributed by atoms with Crippen molar-refractivity contribution in [3.63, 3.8) is 0 Å². The van der Waals surface area contributed by atoms with E-state index < -0.39 is 0 Å². The highest BCUT2D eigenvalue weighted by Gasteiger charge is 2.15. The highest BCUT2D eigenvalue weighted by atomic mass is 16.2. The monoisotopic (exact) mass is 231 g/mol. The van der Waals surface area contributed by atoms with Gasteiger partial charge in [-0.1, -0.05) is 6.07 Å². The highest BCUT2D eigenvalue weighted by Crippen LogP contribution is 2.05. The molecule has 4 heteroatoms. The largest absolute Gasteiger partial charge is 0.339 e. The molecule has 0 aliphatic carbocycles. The molecule has 0 saturated carbocycles. The topological polar surface area (TPSA) is 50.3 Å². The first-order valence-corrected chi connectivity index (χ1v) is 5.53. The number of aromatic nitrogens is 1. The lowest BCUT2D eigenvalue weighted by atomic mass is 10.2. The van der Waals surface area contributed by atoms with Crippen LogP contribution in [0.5, 0.6) is 0 Å². The van der Waals surface area contributed by atoms with E-state index in [0.717, 1.165) is 0 Å². The van der Waals surface area contributed by atoms with Crippen molar-refractivity contribution < 1.29 is 9.59 Å². The molecule has 1 amide bonds. The minimum absolute atomic E-state index is 0.00685. The van der Waals surface area contributed by atoms with Gasteiger partial charge in [-0.2, -0.15) is 0 Å². The summed E-state index contributed by atoms with van der Waals surface area (Å²) in [7, 11) is 0. The number of amides is 1. The van der Waals surface area contributed by atoms with Gasteiger partial charge in [0.1, 0.15) is 0 Å². The molecule has 0 aliphatic rings. The van der Waals surface area contributed by atoms with Crippen molar-refractivity contribution >= 4 is 18.3 Å². The van der Waals surface area contributed by atoms with E-state index in [2.05, 4.69) is 4.98 Å². The molecule has 1 heterocycles. The summed E-state index contributed by atoms with van der Waals surface area (Å²) in [5.41, 5.74) is 0.582. The molecule has 1 rings (SSSR count). The van der Waals surface area contributed by atoms with Gasteiger partial charge in [0.15, 0.2) is 0 Å². The van der Waals surface area contributed by atoms with Crippen LogP contribution in [0.4, 0.5) is 0 Å². The maximum absolute atomic E-state index is 11.9. The van der Waals surface area contributed by atoms with E-state index in [0.29, 0.717) is 18.8 Å². The quantitative estimate of drug-likeness (QED) is 0.438. The van der Waals surface area contributed by atoms with Crippen LogP contribution in [-0.4, -0.2) is 35.2 Å². The minimum atomic E-state index is -0.310. The Kier molecular flexibility index (Phi) is 5.07. The fourth-order valence-corrected chi connectivity index (χ4v) is 1.43. The summed E-state index contributed by atoms with van der Waals surface area (Å²) < 4.78 is 0. The van der Waals surface area contributed by atoms with Crippen LogP contribution < -0.4 is 0 Å².